The number of aliphatic carboxylic acids is 1. The van der Waals surface area contributed by atoms with Crippen LogP contribution in [0.5, 0.6) is 0 Å². The van der Waals surface area contributed by atoms with Crippen molar-refractivity contribution in [2.24, 2.45) is 0 Å². The molecule has 1 fully saturated rings. The highest BCUT2D eigenvalue weighted by Gasteiger charge is 2.26. The van der Waals surface area contributed by atoms with Crippen LogP contribution in [0, 0.1) is 5.82 Å². The minimum absolute atomic E-state index is 0.00450. The molecular weight excluding hydrogens is 285 g/mol. The number of hydrogen-bond donors (Lipinski definition) is 2. The van der Waals surface area contributed by atoms with E-state index in [-0.39, 0.29) is 24.2 Å². The normalized spacial score (nSPS) is 20.8. The standard InChI is InChI=1S/C17H22FNO3/c18-14-8-5-12(6-9-14)13-7-10-15(11-13)19-16(20)3-1-2-4-17(21)22/h5-6,8-9,13,15H,1-4,7,10-11H2,(H,19,20)(H,21,22). The van der Waals surface area contributed by atoms with Crippen LogP contribution in [-0.2, 0) is 9.59 Å². The molecule has 2 unspecified atom stereocenters. The molecule has 0 heterocycles. The highest BCUT2D eigenvalue weighted by atomic mass is 19.1. The number of amides is 1. The summed E-state index contributed by atoms with van der Waals surface area (Å²) < 4.78 is 12.9. The number of nitrogens with one attached hydrogen (secondary N) is 1. The van der Waals surface area contributed by atoms with Gasteiger partial charge in [0.2, 0.25) is 5.91 Å². The first kappa shape index (κ1) is 16.5. The molecule has 0 bridgehead atoms. The second-order valence-electron chi connectivity index (χ2n) is 5.93. The number of carbonyl (C=O) groups is 2. The SMILES string of the molecule is O=C(O)CCCCC(=O)NC1CCC(c2ccc(F)cc2)C1. The molecule has 2 N–H and O–H groups in total. The largest absolute Gasteiger partial charge is 0.481 e. The first-order valence-corrected chi connectivity index (χ1v) is 7.81. The third kappa shape index (κ3) is 5.13. The maximum absolute atomic E-state index is 12.9. The summed E-state index contributed by atoms with van der Waals surface area (Å²) in [6.45, 7) is 0. The van der Waals surface area contributed by atoms with E-state index < -0.39 is 5.97 Å². The molecule has 1 aromatic carbocycles. The molecule has 5 heteroatoms. The zero-order chi connectivity index (χ0) is 15.9. The molecule has 120 valence electrons. The monoisotopic (exact) mass is 307 g/mol. The number of carboxylic acid groups (broad SMARTS) is 1. The van der Waals surface area contributed by atoms with Crippen molar-refractivity contribution in [3.05, 3.63) is 35.6 Å². The molecular formula is C17H22FNO3. The average Bonchev–Trinajstić information content (AvgIpc) is 2.92. The zero-order valence-corrected chi connectivity index (χ0v) is 12.6. The predicted octanol–water partition coefficient (Wildman–Crippen LogP) is 3.22. The van der Waals surface area contributed by atoms with Crippen molar-refractivity contribution in [3.63, 3.8) is 0 Å². The fraction of sp³-hybridized carbons (Fsp3) is 0.529. The van der Waals surface area contributed by atoms with E-state index in [9.17, 15) is 14.0 Å². The predicted molar refractivity (Wildman–Crippen MR) is 81.0 cm³/mol. The van der Waals surface area contributed by atoms with Gasteiger partial charge in [-0.05, 0) is 55.7 Å². The summed E-state index contributed by atoms with van der Waals surface area (Å²) in [5.74, 6) is -0.681. The van der Waals surface area contributed by atoms with E-state index in [2.05, 4.69) is 5.32 Å². The van der Waals surface area contributed by atoms with Crippen LogP contribution in [0.3, 0.4) is 0 Å². The molecule has 1 amide bonds. The Kier molecular flexibility index (Phi) is 5.92. The van der Waals surface area contributed by atoms with Crippen LogP contribution in [0.15, 0.2) is 24.3 Å². The smallest absolute Gasteiger partial charge is 0.303 e. The Morgan fingerprint density at radius 1 is 1.14 bits per heavy atom. The summed E-state index contributed by atoms with van der Waals surface area (Å²) in [4.78, 5) is 22.2. The molecule has 0 saturated heterocycles. The maximum Gasteiger partial charge on any atom is 0.303 e. The molecule has 1 aliphatic rings. The highest BCUT2D eigenvalue weighted by Crippen LogP contribution is 2.34. The second-order valence-corrected chi connectivity index (χ2v) is 5.93. The molecule has 1 aliphatic carbocycles. The molecule has 1 aromatic rings. The topological polar surface area (TPSA) is 66.4 Å². The maximum atomic E-state index is 12.9. The summed E-state index contributed by atoms with van der Waals surface area (Å²) in [6.07, 6.45) is 4.44. The minimum atomic E-state index is -0.821. The van der Waals surface area contributed by atoms with Gasteiger partial charge >= 0.3 is 5.97 Å². The van der Waals surface area contributed by atoms with Gasteiger partial charge in [-0.15, -0.1) is 0 Å². The van der Waals surface area contributed by atoms with Crippen LogP contribution < -0.4 is 5.32 Å². The molecule has 0 radical (unpaired) electrons. The molecule has 22 heavy (non-hydrogen) atoms. The van der Waals surface area contributed by atoms with Gasteiger partial charge in [-0.1, -0.05) is 12.1 Å². The van der Waals surface area contributed by atoms with Crippen LogP contribution in [0.25, 0.3) is 0 Å². The number of hydrogen-bond acceptors (Lipinski definition) is 2. The van der Waals surface area contributed by atoms with Gasteiger partial charge in [0.25, 0.3) is 0 Å². The first-order chi connectivity index (χ1) is 10.5. The molecule has 0 aliphatic heterocycles. The Morgan fingerprint density at radius 2 is 1.82 bits per heavy atom. The lowest BCUT2D eigenvalue weighted by molar-refractivity contribution is -0.137. The summed E-state index contributed by atoms with van der Waals surface area (Å²) >= 11 is 0. The van der Waals surface area contributed by atoms with Gasteiger partial charge < -0.3 is 10.4 Å². The lowest BCUT2D eigenvalue weighted by Crippen LogP contribution is -2.32. The van der Waals surface area contributed by atoms with E-state index in [4.69, 9.17) is 5.11 Å². The summed E-state index contributed by atoms with van der Waals surface area (Å²) in [5.41, 5.74) is 1.12. The number of rotatable bonds is 7. The van der Waals surface area contributed by atoms with Crippen molar-refractivity contribution in [2.75, 3.05) is 0 Å². The van der Waals surface area contributed by atoms with Crippen molar-refractivity contribution in [1.82, 2.24) is 5.32 Å². The summed E-state index contributed by atoms with van der Waals surface area (Å²) in [6, 6.07) is 6.75. The number of carbonyl (C=O) groups excluding carboxylic acids is 1. The van der Waals surface area contributed by atoms with Gasteiger partial charge in [-0.25, -0.2) is 4.39 Å². The van der Waals surface area contributed by atoms with Crippen molar-refractivity contribution in [1.29, 1.82) is 0 Å². The molecule has 1 saturated carbocycles. The van der Waals surface area contributed by atoms with Gasteiger partial charge in [-0.2, -0.15) is 0 Å². The first-order valence-electron chi connectivity index (χ1n) is 7.81. The van der Waals surface area contributed by atoms with Crippen molar-refractivity contribution in [2.45, 2.75) is 56.9 Å². The average molecular weight is 307 g/mol. The molecule has 0 spiro atoms. The number of benzene rings is 1. The van der Waals surface area contributed by atoms with Crippen LogP contribution in [-0.4, -0.2) is 23.0 Å². The number of unbranched alkanes of at least 4 members (excludes halogenated alkanes) is 1. The van der Waals surface area contributed by atoms with Crippen molar-refractivity contribution in [3.8, 4) is 0 Å². The van der Waals surface area contributed by atoms with Crippen molar-refractivity contribution < 1.29 is 19.1 Å². The summed E-state index contributed by atoms with van der Waals surface area (Å²) in [5, 5.41) is 11.6. The Bertz CT molecular complexity index is 515. The van der Waals surface area contributed by atoms with Gasteiger partial charge in [0.15, 0.2) is 0 Å². The molecule has 0 aromatic heterocycles. The van der Waals surface area contributed by atoms with E-state index in [1.807, 2.05) is 12.1 Å². The van der Waals surface area contributed by atoms with E-state index in [0.717, 1.165) is 24.8 Å². The van der Waals surface area contributed by atoms with Crippen LogP contribution in [0.1, 0.15) is 56.4 Å². The number of halogens is 1. The molecule has 2 atom stereocenters. The van der Waals surface area contributed by atoms with Crippen LogP contribution in [0.4, 0.5) is 4.39 Å². The van der Waals surface area contributed by atoms with Gasteiger partial charge in [0.05, 0.1) is 0 Å². The second kappa shape index (κ2) is 7.92. The third-order valence-electron chi connectivity index (χ3n) is 4.18. The van der Waals surface area contributed by atoms with E-state index >= 15 is 0 Å². The van der Waals surface area contributed by atoms with E-state index in [1.54, 1.807) is 0 Å². The van der Waals surface area contributed by atoms with Crippen molar-refractivity contribution >= 4 is 11.9 Å². The fourth-order valence-electron chi connectivity index (χ4n) is 3.01. The fourth-order valence-corrected chi connectivity index (χ4v) is 3.01. The third-order valence-corrected chi connectivity index (χ3v) is 4.18. The lowest BCUT2D eigenvalue weighted by atomic mass is 9.97. The van der Waals surface area contributed by atoms with Gasteiger partial charge in [0, 0.05) is 18.9 Å². The minimum Gasteiger partial charge on any atom is -0.481 e. The Morgan fingerprint density at radius 3 is 2.50 bits per heavy atom. The highest BCUT2D eigenvalue weighted by molar-refractivity contribution is 5.76. The van der Waals surface area contributed by atoms with E-state index in [0.29, 0.717) is 25.2 Å². The molecule has 2 rings (SSSR count). The Hall–Kier alpha value is -1.91. The van der Waals surface area contributed by atoms with Crippen LogP contribution >= 0.6 is 0 Å². The Labute approximate surface area is 129 Å². The summed E-state index contributed by atoms with van der Waals surface area (Å²) in [7, 11) is 0. The quantitative estimate of drug-likeness (QED) is 0.760. The van der Waals surface area contributed by atoms with E-state index in [1.165, 1.54) is 12.1 Å². The Balaban J connectivity index is 1.70. The lowest BCUT2D eigenvalue weighted by Gasteiger charge is -2.14. The van der Waals surface area contributed by atoms with Gasteiger partial charge in [-0.3, -0.25) is 9.59 Å². The van der Waals surface area contributed by atoms with Crippen LogP contribution in [0.2, 0.25) is 0 Å². The number of carboxylic acids is 1. The van der Waals surface area contributed by atoms with Gasteiger partial charge in [0.1, 0.15) is 5.82 Å². The molecule has 4 nitrogen and oxygen atoms in total. The zero-order valence-electron chi connectivity index (χ0n) is 12.6.